The maximum atomic E-state index is 13.6. The zero-order valence-corrected chi connectivity index (χ0v) is 12.2. The normalized spacial score (nSPS) is 10.2. The molecule has 0 fully saturated rings. The van der Waals surface area contributed by atoms with Crippen LogP contribution in [0.2, 0.25) is 0 Å². The minimum absolute atomic E-state index is 0.315. The lowest BCUT2D eigenvalue weighted by Crippen LogP contribution is -2.15. The Bertz CT molecular complexity index is 689. The summed E-state index contributed by atoms with van der Waals surface area (Å²) in [5, 5.41) is 2.50. The molecule has 0 aliphatic carbocycles. The maximum Gasteiger partial charge on any atom is 0.258 e. The molecule has 0 saturated carbocycles. The second-order valence-corrected chi connectivity index (χ2v) is 4.37. The molecule has 22 heavy (non-hydrogen) atoms. The summed E-state index contributed by atoms with van der Waals surface area (Å²) in [6, 6.07) is 7.52. The first-order valence-electron chi connectivity index (χ1n) is 6.62. The average Bonchev–Trinajstić information content (AvgIpc) is 2.51. The van der Waals surface area contributed by atoms with E-state index in [2.05, 4.69) is 5.32 Å². The molecule has 6 heteroatoms. The van der Waals surface area contributed by atoms with Crippen LogP contribution in [0, 0.1) is 11.6 Å². The highest BCUT2D eigenvalue weighted by atomic mass is 19.1. The largest absolute Gasteiger partial charge is 0.497 e. The molecule has 0 aliphatic heterocycles. The van der Waals surface area contributed by atoms with Crippen molar-refractivity contribution < 1.29 is 23.0 Å². The standard InChI is InChI=1S/C16H15F2NO3/c1-3-22-15-7-5-11(21-2)9-14(15)19-16(20)12-8-10(17)4-6-13(12)18/h4-9H,3H2,1-2H3,(H,19,20). The highest BCUT2D eigenvalue weighted by molar-refractivity contribution is 6.05. The smallest absolute Gasteiger partial charge is 0.258 e. The molecular weight excluding hydrogens is 292 g/mol. The first-order chi connectivity index (χ1) is 10.5. The SMILES string of the molecule is CCOc1ccc(OC)cc1NC(=O)c1cc(F)ccc1F. The van der Waals surface area contributed by atoms with E-state index < -0.39 is 17.5 Å². The number of amides is 1. The Morgan fingerprint density at radius 2 is 1.95 bits per heavy atom. The van der Waals surface area contributed by atoms with Gasteiger partial charge in [-0.15, -0.1) is 0 Å². The van der Waals surface area contributed by atoms with Gasteiger partial charge in [-0.05, 0) is 37.3 Å². The van der Waals surface area contributed by atoms with Crippen LogP contribution in [0.25, 0.3) is 0 Å². The summed E-state index contributed by atoms with van der Waals surface area (Å²) >= 11 is 0. The van der Waals surface area contributed by atoms with Crippen LogP contribution < -0.4 is 14.8 Å². The second kappa shape index (κ2) is 6.89. The molecule has 1 amide bonds. The quantitative estimate of drug-likeness (QED) is 0.917. The van der Waals surface area contributed by atoms with E-state index in [0.29, 0.717) is 23.8 Å². The van der Waals surface area contributed by atoms with Crippen molar-refractivity contribution in [3.8, 4) is 11.5 Å². The molecule has 0 aromatic heterocycles. The summed E-state index contributed by atoms with van der Waals surface area (Å²) in [6.07, 6.45) is 0. The van der Waals surface area contributed by atoms with Gasteiger partial charge >= 0.3 is 0 Å². The third kappa shape index (κ3) is 3.52. The number of hydrogen-bond acceptors (Lipinski definition) is 3. The van der Waals surface area contributed by atoms with E-state index in [-0.39, 0.29) is 5.56 Å². The number of carbonyl (C=O) groups is 1. The van der Waals surface area contributed by atoms with E-state index in [0.717, 1.165) is 18.2 Å². The predicted molar refractivity (Wildman–Crippen MR) is 78.5 cm³/mol. The Kier molecular flexibility index (Phi) is 4.93. The van der Waals surface area contributed by atoms with Gasteiger partial charge in [0.1, 0.15) is 23.1 Å². The van der Waals surface area contributed by atoms with E-state index >= 15 is 0 Å². The van der Waals surface area contributed by atoms with Gasteiger partial charge in [0.15, 0.2) is 0 Å². The highest BCUT2D eigenvalue weighted by Gasteiger charge is 2.15. The minimum atomic E-state index is -0.806. The van der Waals surface area contributed by atoms with Crippen LogP contribution in [-0.4, -0.2) is 19.6 Å². The van der Waals surface area contributed by atoms with E-state index in [4.69, 9.17) is 9.47 Å². The summed E-state index contributed by atoms with van der Waals surface area (Å²) in [4.78, 5) is 12.1. The van der Waals surface area contributed by atoms with E-state index in [1.54, 1.807) is 25.1 Å². The van der Waals surface area contributed by atoms with Crippen LogP contribution >= 0.6 is 0 Å². The molecule has 0 aliphatic rings. The van der Waals surface area contributed by atoms with Crippen molar-refractivity contribution in [2.75, 3.05) is 19.0 Å². The fourth-order valence-electron chi connectivity index (χ4n) is 1.88. The lowest BCUT2D eigenvalue weighted by molar-refractivity contribution is 0.102. The Balaban J connectivity index is 2.32. The summed E-state index contributed by atoms with van der Waals surface area (Å²) in [7, 11) is 1.48. The van der Waals surface area contributed by atoms with Gasteiger partial charge in [0.2, 0.25) is 0 Å². The van der Waals surface area contributed by atoms with Gasteiger partial charge in [-0.3, -0.25) is 4.79 Å². The molecule has 0 bridgehead atoms. The molecule has 4 nitrogen and oxygen atoms in total. The number of benzene rings is 2. The summed E-state index contributed by atoms with van der Waals surface area (Å²) in [6.45, 7) is 2.19. The number of rotatable bonds is 5. The van der Waals surface area contributed by atoms with Crippen LogP contribution in [-0.2, 0) is 0 Å². The Labute approximate surface area is 126 Å². The topological polar surface area (TPSA) is 47.6 Å². The molecule has 2 aromatic rings. The molecule has 1 N–H and O–H groups in total. The fourth-order valence-corrected chi connectivity index (χ4v) is 1.88. The lowest BCUT2D eigenvalue weighted by Gasteiger charge is -2.13. The van der Waals surface area contributed by atoms with Crippen LogP contribution in [0.1, 0.15) is 17.3 Å². The van der Waals surface area contributed by atoms with Crippen LogP contribution in [0.15, 0.2) is 36.4 Å². The molecule has 0 atom stereocenters. The van der Waals surface area contributed by atoms with Gasteiger partial charge in [-0.2, -0.15) is 0 Å². The maximum absolute atomic E-state index is 13.6. The van der Waals surface area contributed by atoms with Gasteiger partial charge in [0, 0.05) is 6.07 Å². The highest BCUT2D eigenvalue weighted by Crippen LogP contribution is 2.29. The molecule has 2 aromatic carbocycles. The van der Waals surface area contributed by atoms with Gasteiger partial charge in [-0.1, -0.05) is 0 Å². The van der Waals surface area contributed by atoms with E-state index in [1.165, 1.54) is 7.11 Å². The van der Waals surface area contributed by atoms with Crippen molar-refractivity contribution in [2.24, 2.45) is 0 Å². The molecule has 116 valence electrons. The Morgan fingerprint density at radius 3 is 2.64 bits per heavy atom. The van der Waals surface area contributed by atoms with Gasteiger partial charge in [0.05, 0.1) is 25.0 Å². The van der Waals surface area contributed by atoms with Crippen molar-refractivity contribution in [3.05, 3.63) is 53.6 Å². The predicted octanol–water partition coefficient (Wildman–Crippen LogP) is 3.62. The first kappa shape index (κ1) is 15.8. The first-order valence-corrected chi connectivity index (χ1v) is 6.62. The van der Waals surface area contributed by atoms with E-state index in [9.17, 15) is 13.6 Å². The van der Waals surface area contributed by atoms with Crippen molar-refractivity contribution in [2.45, 2.75) is 6.92 Å². The van der Waals surface area contributed by atoms with Crippen molar-refractivity contribution in [3.63, 3.8) is 0 Å². The van der Waals surface area contributed by atoms with Gasteiger partial charge in [-0.25, -0.2) is 8.78 Å². The second-order valence-electron chi connectivity index (χ2n) is 4.37. The van der Waals surface area contributed by atoms with Crippen molar-refractivity contribution in [1.82, 2.24) is 0 Å². The van der Waals surface area contributed by atoms with Crippen LogP contribution in [0.4, 0.5) is 14.5 Å². The summed E-state index contributed by atoms with van der Waals surface area (Å²) in [5.41, 5.74) is -0.0693. The fraction of sp³-hybridized carbons (Fsp3) is 0.188. The molecular formula is C16H15F2NO3. The summed E-state index contributed by atoms with van der Waals surface area (Å²) < 4.78 is 37.3. The minimum Gasteiger partial charge on any atom is -0.497 e. The lowest BCUT2D eigenvalue weighted by atomic mass is 10.2. The number of methoxy groups -OCH3 is 1. The number of anilines is 1. The molecule has 0 unspecified atom stereocenters. The number of hydrogen-bond donors (Lipinski definition) is 1. The number of halogens is 2. The molecule has 2 rings (SSSR count). The summed E-state index contributed by atoms with van der Waals surface area (Å²) in [5.74, 6) is -1.36. The number of ether oxygens (including phenoxy) is 2. The molecule has 0 radical (unpaired) electrons. The average molecular weight is 307 g/mol. The van der Waals surface area contributed by atoms with Gasteiger partial charge < -0.3 is 14.8 Å². The molecule has 0 saturated heterocycles. The van der Waals surface area contributed by atoms with Crippen molar-refractivity contribution >= 4 is 11.6 Å². The zero-order valence-electron chi connectivity index (χ0n) is 12.2. The number of nitrogens with one attached hydrogen (secondary N) is 1. The number of carbonyl (C=O) groups excluding carboxylic acids is 1. The van der Waals surface area contributed by atoms with Crippen LogP contribution in [0.3, 0.4) is 0 Å². The Hall–Kier alpha value is -2.63. The van der Waals surface area contributed by atoms with Crippen LogP contribution in [0.5, 0.6) is 11.5 Å². The third-order valence-corrected chi connectivity index (χ3v) is 2.91. The van der Waals surface area contributed by atoms with Crippen molar-refractivity contribution in [1.29, 1.82) is 0 Å². The zero-order chi connectivity index (χ0) is 16.1. The Morgan fingerprint density at radius 1 is 1.18 bits per heavy atom. The molecule has 0 spiro atoms. The third-order valence-electron chi connectivity index (χ3n) is 2.91. The van der Waals surface area contributed by atoms with E-state index in [1.807, 2.05) is 0 Å². The van der Waals surface area contributed by atoms with Gasteiger partial charge in [0.25, 0.3) is 5.91 Å². The monoisotopic (exact) mass is 307 g/mol. The molecule has 0 heterocycles.